The Hall–Kier alpha value is -0.770. The molecule has 0 heterocycles. The number of carboxylic acid groups (broad SMARTS) is 1. The molecule has 0 fully saturated rings. The highest BCUT2D eigenvalue weighted by atomic mass is 35.5. The molecular weight excluding hydrogens is 261 g/mol. The van der Waals surface area contributed by atoms with Gasteiger partial charge in [-0.25, -0.2) is 0 Å². The molecule has 2 N–H and O–H groups in total. The molecular formula is C12H15Cl2NO2. The van der Waals surface area contributed by atoms with Crippen molar-refractivity contribution in [3.8, 4) is 0 Å². The van der Waals surface area contributed by atoms with Gasteiger partial charge in [-0.1, -0.05) is 36.2 Å². The summed E-state index contributed by atoms with van der Waals surface area (Å²) in [7, 11) is 0. The lowest BCUT2D eigenvalue weighted by molar-refractivity contribution is -0.139. The maximum absolute atomic E-state index is 11.3. The highest BCUT2D eigenvalue weighted by Crippen LogP contribution is 2.30. The van der Waals surface area contributed by atoms with Crippen LogP contribution in [0.3, 0.4) is 0 Å². The summed E-state index contributed by atoms with van der Waals surface area (Å²) in [6.07, 6.45) is 0.825. The number of rotatable bonds is 5. The average molecular weight is 276 g/mol. The molecule has 2 unspecified atom stereocenters. The molecule has 0 aliphatic carbocycles. The number of carbonyl (C=O) groups is 1. The van der Waals surface area contributed by atoms with Crippen LogP contribution in [0.5, 0.6) is 0 Å². The molecule has 0 aliphatic heterocycles. The fraction of sp³-hybridized carbons (Fsp3) is 0.417. The molecule has 3 nitrogen and oxygen atoms in total. The first-order valence-corrected chi connectivity index (χ1v) is 6.15. The highest BCUT2D eigenvalue weighted by Gasteiger charge is 2.25. The van der Waals surface area contributed by atoms with Gasteiger partial charge in [-0.3, -0.25) is 10.1 Å². The molecule has 5 heteroatoms. The van der Waals surface area contributed by atoms with Crippen molar-refractivity contribution in [3.63, 3.8) is 0 Å². The van der Waals surface area contributed by atoms with Crippen molar-refractivity contribution in [2.75, 3.05) is 0 Å². The van der Waals surface area contributed by atoms with Gasteiger partial charge in [0.1, 0.15) is 6.04 Å². The topological polar surface area (TPSA) is 49.3 Å². The van der Waals surface area contributed by atoms with Crippen LogP contribution in [-0.2, 0) is 4.79 Å². The van der Waals surface area contributed by atoms with E-state index in [1.165, 1.54) is 0 Å². The number of hydrogen-bond donors (Lipinski definition) is 2. The second-order valence-corrected chi connectivity index (χ2v) is 4.70. The largest absolute Gasteiger partial charge is 0.480 e. The lowest BCUT2D eigenvalue weighted by atomic mass is 10.1. The molecule has 0 saturated carbocycles. The van der Waals surface area contributed by atoms with Crippen LogP contribution in [-0.4, -0.2) is 17.1 Å². The Bertz CT molecular complexity index is 389. The van der Waals surface area contributed by atoms with Crippen molar-refractivity contribution in [1.82, 2.24) is 5.32 Å². The van der Waals surface area contributed by atoms with E-state index >= 15 is 0 Å². The summed E-state index contributed by atoms with van der Waals surface area (Å²) in [5.41, 5.74) is 0.420. The Morgan fingerprint density at radius 1 is 1.41 bits per heavy atom. The van der Waals surface area contributed by atoms with Crippen LogP contribution in [0.25, 0.3) is 0 Å². The molecule has 2 atom stereocenters. The van der Waals surface area contributed by atoms with Crippen LogP contribution in [0.15, 0.2) is 18.2 Å². The molecule has 0 amide bonds. The standard InChI is InChI=1S/C12H15Cl2NO2/c1-3-7(2)15-11(12(16)17)10-8(13)5-4-6-9(10)14/h4-7,11,15H,3H2,1-2H3,(H,16,17). The molecule has 94 valence electrons. The first kappa shape index (κ1) is 14.3. The van der Waals surface area contributed by atoms with E-state index in [1.807, 2.05) is 13.8 Å². The molecule has 0 radical (unpaired) electrons. The zero-order valence-corrected chi connectivity index (χ0v) is 11.2. The third-order valence-electron chi connectivity index (χ3n) is 2.60. The summed E-state index contributed by atoms with van der Waals surface area (Å²) in [6.45, 7) is 3.89. The molecule has 0 bridgehead atoms. The second-order valence-electron chi connectivity index (χ2n) is 3.88. The van der Waals surface area contributed by atoms with E-state index in [2.05, 4.69) is 5.32 Å². The van der Waals surface area contributed by atoms with Crippen LogP contribution < -0.4 is 5.32 Å². The van der Waals surface area contributed by atoms with Crippen LogP contribution in [0, 0.1) is 0 Å². The maximum atomic E-state index is 11.3. The summed E-state index contributed by atoms with van der Waals surface area (Å²) in [5.74, 6) is -0.986. The van der Waals surface area contributed by atoms with Gasteiger partial charge >= 0.3 is 5.97 Å². The normalized spacial score (nSPS) is 14.4. The molecule has 1 rings (SSSR count). The minimum absolute atomic E-state index is 0.0726. The van der Waals surface area contributed by atoms with Gasteiger partial charge in [0.15, 0.2) is 0 Å². The van der Waals surface area contributed by atoms with E-state index < -0.39 is 12.0 Å². The van der Waals surface area contributed by atoms with Gasteiger partial charge in [0.2, 0.25) is 0 Å². The number of nitrogens with one attached hydrogen (secondary N) is 1. The Morgan fingerprint density at radius 2 is 1.94 bits per heavy atom. The summed E-state index contributed by atoms with van der Waals surface area (Å²) in [6, 6.07) is 4.15. The fourth-order valence-electron chi connectivity index (χ4n) is 1.47. The number of carboxylic acids is 1. The minimum Gasteiger partial charge on any atom is -0.480 e. The number of hydrogen-bond acceptors (Lipinski definition) is 2. The van der Waals surface area contributed by atoms with Crippen molar-refractivity contribution in [2.24, 2.45) is 0 Å². The van der Waals surface area contributed by atoms with Crippen LogP contribution in [0.1, 0.15) is 31.9 Å². The summed E-state index contributed by atoms with van der Waals surface area (Å²) in [4.78, 5) is 11.3. The maximum Gasteiger partial charge on any atom is 0.325 e. The van der Waals surface area contributed by atoms with Crippen molar-refractivity contribution in [3.05, 3.63) is 33.8 Å². The lowest BCUT2D eigenvalue weighted by Crippen LogP contribution is -2.35. The third kappa shape index (κ3) is 3.60. The summed E-state index contributed by atoms with van der Waals surface area (Å²) < 4.78 is 0. The van der Waals surface area contributed by atoms with Crippen molar-refractivity contribution < 1.29 is 9.90 Å². The summed E-state index contributed by atoms with van der Waals surface area (Å²) >= 11 is 12.0. The van der Waals surface area contributed by atoms with Gasteiger partial charge in [0.05, 0.1) is 0 Å². The van der Waals surface area contributed by atoms with Gasteiger partial charge in [-0.15, -0.1) is 0 Å². The highest BCUT2D eigenvalue weighted by molar-refractivity contribution is 6.36. The van der Waals surface area contributed by atoms with Gasteiger partial charge in [0.25, 0.3) is 0 Å². The molecule has 0 aromatic heterocycles. The first-order valence-electron chi connectivity index (χ1n) is 5.40. The molecule has 0 aliphatic rings. The Morgan fingerprint density at radius 3 is 2.35 bits per heavy atom. The zero-order chi connectivity index (χ0) is 13.0. The Kier molecular flexibility index (Phi) is 5.25. The predicted octanol–water partition coefficient (Wildman–Crippen LogP) is 3.51. The number of halogens is 2. The first-order chi connectivity index (χ1) is 7.97. The van der Waals surface area contributed by atoms with E-state index in [-0.39, 0.29) is 6.04 Å². The SMILES string of the molecule is CCC(C)NC(C(=O)O)c1c(Cl)cccc1Cl. The minimum atomic E-state index is -0.986. The van der Waals surface area contributed by atoms with E-state index in [9.17, 15) is 9.90 Å². The van der Waals surface area contributed by atoms with E-state index in [0.717, 1.165) is 6.42 Å². The third-order valence-corrected chi connectivity index (χ3v) is 3.26. The molecule has 1 aromatic carbocycles. The average Bonchev–Trinajstić information content (AvgIpc) is 2.26. The van der Waals surface area contributed by atoms with Gasteiger partial charge < -0.3 is 5.11 Å². The molecule has 0 saturated heterocycles. The smallest absolute Gasteiger partial charge is 0.325 e. The van der Waals surface area contributed by atoms with E-state index in [0.29, 0.717) is 15.6 Å². The Labute approximate surface area is 111 Å². The second kappa shape index (κ2) is 6.24. The lowest BCUT2D eigenvalue weighted by Gasteiger charge is -2.21. The van der Waals surface area contributed by atoms with Crippen LogP contribution in [0.4, 0.5) is 0 Å². The molecule has 1 aromatic rings. The van der Waals surface area contributed by atoms with Gasteiger partial charge in [-0.2, -0.15) is 0 Å². The van der Waals surface area contributed by atoms with Crippen molar-refractivity contribution in [1.29, 1.82) is 0 Å². The van der Waals surface area contributed by atoms with Crippen molar-refractivity contribution in [2.45, 2.75) is 32.4 Å². The zero-order valence-electron chi connectivity index (χ0n) is 9.71. The van der Waals surface area contributed by atoms with E-state index in [1.54, 1.807) is 18.2 Å². The Balaban J connectivity index is 3.10. The van der Waals surface area contributed by atoms with Crippen molar-refractivity contribution >= 4 is 29.2 Å². The van der Waals surface area contributed by atoms with Crippen LogP contribution in [0.2, 0.25) is 10.0 Å². The van der Waals surface area contributed by atoms with E-state index in [4.69, 9.17) is 23.2 Å². The monoisotopic (exact) mass is 275 g/mol. The molecule has 0 spiro atoms. The fourth-order valence-corrected chi connectivity index (χ4v) is 2.08. The van der Waals surface area contributed by atoms with Crippen LogP contribution >= 0.6 is 23.2 Å². The summed E-state index contributed by atoms with van der Waals surface area (Å²) in [5, 5.41) is 13.0. The number of benzene rings is 1. The number of aliphatic carboxylic acids is 1. The van der Waals surface area contributed by atoms with Gasteiger partial charge in [0, 0.05) is 21.7 Å². The predicted molar refractivity (Wildman–Crippen MR) is 69.7 cm³/mol. The quantitative estimate of drug-likeness (QED) is 0.865. The molecule has 17 heavy (non-hydrogen) atoms. The van der Waals surface area contributed by atoms with Gasteiger partial charge in [-0.05, 0) is 25.5 Å².